The number of ether oxygens (including phenoxy) is 1. The number of sulfonamides is 1. The predicted molar refractivity (Wildman–Crippen MR) is 90.4 cm³/mol. The summed E-state index contributed by atoms with van der Waals surface area (Å²) in [5, 5.41) is 1.62. The van der Waals surface area contributed by atoms with Crippen LogP contribution >= 0.6 is 33.9 Å². The van der Waals surface area contributed by atoms with Gasteiger partial charge >= 0.3 is 5.97 Å². The number of hydrogen-bond donors (Lipinski definition) is 1. The van der Waals surface area contributed by atoms with E-state index >= 15 is 0 Å². The van der Waals surface area contributed by atoms with Crippen molar-refractivity contribution in [1.29, 1.82) is 0 Å². The number of rotatable bonds is 4. The Balaban J connectivity index is 2.45. The third-order valence-electron chi connectivity index (χ3n) is 2.63. The van der Waals surface area contributed by atoms with Gasteiger partial charge in [-0.1, -0.05) is 6.07 Å². The monoisotopic (exact) mass is 437 g/mol. The second kappa shape index (κ2) is 6.32. The zero-order valence-electron chi connectivity index (χ0n) is 11.2. The number of carbonyl (C=O) groups excluding carboxylic acids is 1. The van der Waals surface area contributed by atoms with Crippen molar-refractivity contribution < 1.29 is 17.9 Å². The summed E-state index contributed by atoms with van der Waals surface area (Å²) < 4.78 is 33.1. The van der Waals surface area contributed by atoms with E-state index in [1.165, 1.54) is 7.11 Å². The molecule has 0 saturated carbocycles. The van der Waals surface area contributed by atoms with Crippen LogP contribution in [0.15, 0.2) is 34.5 Å². The second-order valence-corrected chi connectivity index (χ2v) is 7.93. The molecule has 0 radical (unpaired) electrons. The molecule has 1 aromatic carbocycles. The first kappa shape index (κ1) is 16.2. The minimum atomic E-state index is -3.85. The average Bonchev–Trinajstić information content (AvgIpc) is 2.80. The van der Waals surface area contributed by atoms with E-state index in [1.54, 1.807) is 30.5 Å². The van der Waals surface area contributed by atoms with Gasteiger partial charge in [-0.05, 0) is 58.7 Å². The number of nitrogens with one attached hydrogen (secondary N) is 1. The first-order chi connectivity index (χ1) is 9.85. The molecule has 0 aliphatic heterocycles. The first-order valence-electron chi connectivity index (χ1n) is 5.80. The van der Waals surface area contributed by atoms with Gasteiger partial charge in [0.2, 0.25) is 0 Å². The van der Waals surface area contributed by atoms with Gasteiger partial charge < -0.3 is 4.74 Å². The fourth-order valence-electron chi connectivity index (χ4n) is 1.76. The van der Waals surface area contributed by atoms with Crippen molar-refractivity contribution in [3.05, 3.63) is 43.7 Å². The Kier molecular flexibility index (Phi) is 4.89. The Hall–Kier alpha value is -1.13. The van der Waals surface area contributed by atoms with Crippen LogP contribution in [0.2, 0.25) is 0 Å². The lowest BCUT2D eigenvalue weighted by Crippen LogP contribution is -2.16. The van der Waals surface area contributed by atoms with Crippen LogP contribution in [0.3, 0.4) is 0 Å². The molecule has 0 atom stereocenters. The Bertz CT molecular complexity index is 783. The predicted octanol–water partition coefficient (Wildman–Crippen LogP) is 3.25. The summed E-state index contributed by atoms with van der Waals surface area (Å²) in [5.74, 6) is -0.656. The largest absolute Gasteiger partial charge is 0.465 e. The third kappa shape index (κ3) is 3.55. The highest BCUT2D eigenvalue weighted by Crippen LogP contribution is 2.29. The van der Waals surface area contributed by atoms with E-state index in [0.717, 1.165) is 14.9 Å². The smallest absolute Gasteiger partial charge is 0.349 e. The Morgan fingerprint density at radius 1 is 1.38 bits per heavy atom. The summed E-state index contributed by atoms with van der Waals surface area (Å²) in [6.07, 6.45) is 0. The molecule has 0 unspecified atom stereocenters. The van der Waals surface area contributed by atoms with Gasteiger partial charge in [-0.3, -0.25) is 4.72 Å². The van der Waals surface area contributed by atoms with Crippen molar-refractivity contribution in [3.8, 4) is 0 Å². The standard InChI is InChI=1S/C13H12INO4S2/c1-8-7-20-11(13(16)19-2)12(8)21(17,18)15-10-5-3-4-9(14)6-10/h3-7,15H,1-2H3. The molecule has 2 rings (SSSR count). The fourth-order valence-corrected chi connectivity index (χ4v) is 5.06. The zero-order valence-corrected chi connectivity index (χ0v) is 15.0. The molecule has 8 heteroatoms. The molecule has 2 aromatic rings. The number of benzene rings is 1. The van der Waals surface area contributed by atoms with E-state index in [2.05, 4.69) is 32.0 Å². The van der Waals surface area contributed by atoms with Crippen molar-refractivity contribution in [1.82, 2.24) is 0 Å². The van der Waals surface area contributed by atoms with Crippen molar-refractivity contribution in [2.24, 2.45) is 0 Å². The van der Waals surface area contributed by atoms with E-state index in [9.17, 15) is 13.2 Å². The molecule has 1 aromatic heterocycles. The highest BCUT2D eigenvalue weighted by Gasteiger charge is 2.27. The molecule has 0 aliphatic carbocycles. The number of esters is 1. The SMILES string of the molecule is COC(=O)c1scc(C)c1S(=O)(=O)Nc1cccc(I)c1. The second-order valence-electron chi connectivity index (χ2n) is 4.18. The van der Waals surface area contributed by atoms with Gasteiger partial charge in [0.15, 0.2) is 0 Å². The van der Waals surface area contributed by atoms with Crippen LogP contribution in [0, 0.1) is 10.5 Å². The van der Waals surface area contributed by atoms with Crippen LogP contribution < -0.4 is 4.72 Å². The Labute approximate surface area is 140 Å². The van der Waals surface area contributed by atoms with E-state index in [-0.39, 0.29) is 9.77 Å². The molecule has 112 valence electrons. The number of thiophene rings is 1. The molecule has 0 saturated heterocycles. The van der Waals surface area contributed by atoms with Crippen LogP contribution in [0.25, 0.3) is 0 Å². The Morgan fingerprint density at radius 3 is 2.71 bits per heavy atom. The van der Waals surface area contributed by atoms with Crippen LogP contribution in [0.5, 0.6) is 0 Å². The number of aryl methyl sites for hydroxylation is 1. The minimum Gasteiger partial charge on any atom is -0.465 e. The third-order valence-corrected chi connectivity index (χ3v) is 6.08. The molecule has 0 amide bonds. The number of hydrogen-bond acceptors (Lipinski definition) is 5. The van der Waals surface area contributed by atoms with E-state index in [4.69, 9.17) is 0 Å². The van der Waals surface area contributed by atoms with E-state index in [0.29, 0.717) is 11.3 Å². The quantitative estimate of drug-likeness (QED) is 0.589. The van der Waals surface area contributed by atoms with Gasteiger partial charge in [-0.2, -0.15) is 0 Å². The first-order valence-corrected chi connectivity index (χ1v) is 9.24. The van der Waals surface area contributed by atoms with Crippen molar-refractivity contribution >= 4 is 55.6 Å². The van der Waals surface area contributed by atoms with Crippen molar-refractivity contribution in [2.45, 2.75) is 11.8 Å². The van der Waals surface area contributed by atoms with Crippen LogP contribution in [0.1, 0.15) is 15.2 Å². The minimum absolute atomic E-state index is 0.0294. The topological polar surface area (TPSA) is 72.5 Å². The lowest BCUT2D eigenvalue weighted by Gasteiger charge is -2.09. The molecule has 0 spiro atoms. The summed E-state index contributed by atoms with van der Waals surface area (Å²) in [6, 6.07) is 6.96. The molecule has 1 N–H and O–H groups in total. The summed E-state index contributed by atoms with van der Waals surface area (Å²) >= 11 is 3.15. The molecule has 0 aliphatic rings. The van der Waals surface area contributed by atoms with Crippen LogP contribution in [0.4, 0.5) is 5.69 Å². The molecule has 0 bridgehead atoms. The van der Waals surface area contributed by atoms with Gasteiger partial charge in [0.25, 0.3) is 10.0 Å². The number of methoxy groups -OCH3 is 1. The Morgan fingerprint density at radius 2 is 2.10 bits per heavy atom. The van der Waals surface area contributed by atoms with Crippen molar-refractivity contribution in [3.63, 3.8) is 0 Å². The molecule has 5 nitrogen and oxygen atoms in total. The lowest BCUT2D eigenvalue weighted by molar-refractivity contribution is 0.0602. The highest BCUT2D eigenvalue weighted by atomic mass is 127. The molecule has 0 fully saturated rings. The van der Waals surface area contributed by atoms with Crippen LogP contribution in [-0.2, 0) is 14.8 Å². The number of halogens is 1. The maximum absolute atomic E-state index is 12.5. The summed E-state index contributed by atoms with van der Waals surface area (Å²) in [7, 11) is -2.62. The molecule has 21 heavy (non-hydrogen) atoms. The maximum Gasteiger partial charge on any atom is 0.349 e. The maximum atomic E-state index is 12.5. The highest BCUT2D eigenvalue weighted by molar-refractivity contribution is 14.1. The number of carbonyl (C=O) groups is 1. The fraction of sp³-hybridized carbons (Fsp3) is 0.154. The summed E-state index contributed by atoms with van der Waals surface area (Å²) in [4.78, 5) is 11.7. The van der Waals surface area contributed by atoms with Gasteiger partial charge in [-0.25, -0.2) is 13.2 Å². The normalized spacial score (nSPS) is 11.2. The van der Waals surface area contributed by atoms with Gasteiger partial charge in [0, 0.05) is 9.26 Å². The van der Waals surface area contributed by atoms with Gasteiger partial charge in [-0.15, -0.1) is 11.3 Å². The van der Waals surface area contributed by atoms with Crippen LogP contribution in [-0.4, -0.2) is 21.5 Å². The van der Waals surface area contributed by atoms with Gasteiger partial charge in [0.05, 0.1) is 7.11 Å². The molecular weight excluding hydrogens is 425 g/mol. The molecule has 1 heterocycles. The van der Waals surface area contributed by atoms with E-state index < -0.39 is 16.0 Å². The average molecular weight is 437 g/mol. The van der Waals surface area contributed by atoms with E-state index in [1.807, 2.05) is 6.07 Å². The zero-order chi connectivity index (χ0) is 15.6. The lowest BCUT2D eigenvalue weighted by atomic mass is 10.3. The summed E-state index contributed by atoms with van der Waals surface area (Å²) in [6.45, 7) is 1.65. The van der Waals surface area contributed by atoms with Gasteiger partial charge in [0.1, 0.15) is 9.77 Å². The molecular formula is C13H12INO4S2. The number of anilines is 1. The summed E-state index contributed by atoms with van der Waals surface area (Å²) in [5.41, 5.74) is 0.960. The van der Waals surface area contributed by atoms with Crippen molar-refractivity contribution in [2.75, 3.05) is 11.8 Å².